The molecule has 3 aromatic carbocycles. The summed E-state index contributed by atoms with van der Waals surface area (Å²) in [7, 11) is 0. The quantitative estimate of drug-likeness (QED) is 0.251. The van der Waals surface area contributed by atoms with Crippen LogP contribution >= 0.6 is 0 Å². The summed E-state index contributed by atoms with van der Waals surface area (Å²) in [6.45, 7) is 1.25. The monoisotopic (exact) mass is 456 g/mol. The average molecular weight is 456 g/mol. The van der Waals surface area contributed by atoms with Crippen molar-refractivity contribution in [3.05, 3.63) is 83.7 Å². The number of hydrogen-bond donors (Lipinski definition) is 3. The van der Waals surface area contributed by atoms with Gasteiger partial charge in [-0.3, -0.25) is 10.4 Å². The summed E-state index contributed by atoms with van der Waals surface area (Å²) < 4.78 is 51.3. The number of anilines is 2. The highest BCUT2D eigenvalue weighted by molar-refractivity contribution is 6.04. The molecule has 1 heterocycles. The molecule has 0 atom stereocenters. The van der Waals surface area contributed by atoms with E-state index >= 15 is 0 Å². The van der Waals surface area contributed by atoms with Crippen LogP contribution < -0.4 is 15.4 Å². The minimum atomic E-state index is -1.67. The van der Waals surface area contributed by atoms with E-state index in [1.807, 2.05) is 30.3 Å². The van der Waals surface area contributed by atoms with E-state index in [1.165, 1.54) is 0 Å². The highest BCUT2D eigenvalue weighted by atomic mass is 19.2. The number of nitrogens with zero attached hydrogens (tertiary/aromatic N) is 1. The zero-order valence-corrected chi connectivity index (χ0v) is 17.2. The Labute approximate surface area is 186 Å². The lowest BCUT2D eigenvalue weighted by molar-refractivity contribution is 0.0889. The molecule has 1 aromatic heterocycles. The number of ether oxygens (including phenoxy) is 2. The van der Waals surface area contributed by atoms with Crippen molar-refractivity contribution in [1.29, 1.82) is 0 Å². The van der Waals surface area contributed by atoms with E-state index in [1.54, 1.807) is 18.2 Å². The number of fused-ring (bicyclic) bond motifs is 1. The smallest absolute Gasteiger partial charge is 0.324 e. The summed E-state index contributed by atoms with van der Waals surface area (Å²) in [6.07, 6.45) is 0. The topological polar surface area (TPSA) is 88.3 Å². The van der Waals surface area contributed by atoms with Crippen LogP contribution in [0.5, 0.6) is 5.75 Å². The third kappa shape index (κ3) is 5.42. The predicted octanol–water partition coefficient (Wildman–Crippen LogP) is 5.22. The van der Waals surface area contributed by atoms with Crippen LogP contribution in [0.25, 0.3) is 10.9 Å². The molecule has 4 rings (SSSR count). The Morgan fingerprint density at radius 1 is 0.939 bits per heavy atom. The maximum atomic E-state index is 13.7. The number of aromatic nitrogens is 2. The van der Waals surface area contributed by atoms with Gasteiger partial charge in [0.2, 0.25) is 0 Å². The number of carbonyl (C=O) groups excluding carboxylic acids is 1. The first-order valence-corrected chi connectivity index (χ1v) is 9.95. The highest BCUT2D eigenvalue weighted by Crippen LogP contribution is 2.25. The van der Waals surface area contributed by atoms with Crippen molar-refractivity contribution in [3.8, 4) is 5.75 Å². The summed E-state index contributed by atoms with van der Waals surface area (Å²) in [6, 6.07) is 15.7. The van der Waals surface area contributed by atoms with Crippen molar-refractivity contribution in [2.45, 2.75) is 6.61 Å². The third-order valence-corrected chi connectivity index (χ3v) is 4.66. The van der Waals surface area contributed by atoms with Gasteiger partial charge in [0.1, 0.15) is 12.4 Å². The van der Waals surface area contributed by atoms with Crippen LogP contribution in [0, 0.1) is 17.5 Å². The van der Waals surface area contributed by atoms with Crippen LogP contribution in [-0.4, -0.2) is 29.4 Å². The average Bonchev–Trinajstić information content (AvgIpc) is 3.21. The molecule has 0 fully saturated rings. The summed E-state index contributed by atoms with van der Waals surface area (Å²) in [4.78, 5) is 12.1. The van der Waals surface area contributed by atoms with Crippen molar-refractivity contribution in [3.63, 3.8) is 0 Å². The maximum absolute atomic E-state index is 13.7. The molecule has 0 aliphatic heterocycles. The molecule has 0 saturated carbocycles. The van der Waals surface area contributed by atoms with Crippen molar-refractivity contribution in [2.75, 3.05) is 23.8 Å². The second-order valence-electron chi connectivity index (χ2n) is 6.97. The van der Waals surface area contributed by atoms with Crippen LogP contribution in [0.4, 0.5) is 29.5 Å². The fraction of sp³-hybridized carbons (Fsp3) is 0.130. The Balaban J connectivity index is 1.31. The fourth-order valence-corrected chi connectivity index (χ4v) is 3.05. The lowest BCUT2D eigenvalue weighted by atomic mass is 10.2. The zero-order valence-electron chi connectivity index (χ0n) is 17.2. The predicted molar refractivity (Wildman–Crippen MR) is 117 cm³/mol. The number of hydrogen-bond acceptors (Lipinski definition) is 4. The Morgan fingerprint density at radius 2 is 1.76 bits per heavy atom. The first-order valence-electron chi connectivity index (χ1n) is 9.95. The van der Waals surface area contributed by atoms with Crippen molar-refractivity contribution in [2.24, 2.45) is 0 Å². The van der Waals surface area contributed by atoms with Crippen LogP contribution in [0.3, 0.4) is 0 Å². The number of urea groups is 1. The van der Waals surface area contributed by atoms with Gasteiger partial charge in [-0.1, -0.05) is 30.3 Å². The molecule has 0 saturated heterocycles. The second kappa shape index (κ2) is 10.0. The van der Waals surface area contributed by atoms with Crippen LogP contribution in [0.15, 0.2) is 60.7 Å². The van der Waals surface area contributed by atoms with Gasteiger partial charge in [-0.15, -0.1) is 0 Å². The number of nitrogens with one attached hydrogen (secondary N) is 3. The van der Waals surface area contributed by atoms with Crippen molar-refractivity contribution in [1.82, 2.24) is 10.2 Å². The van der Waals surface area contributed by atoms with Gasteiger partial charge < -0.3 is 14.8 Å². The first-order chi connectivity index (χ1) is 16.0. The molecule has 3 N–H and O–H groups in total. The Morgan fingerprint density at radius 3 is 2.58 bits per heavy atom. The number of aromatic amines is 1. The normalized spacial score (nSPS) is 10.9. The van der Waals surface area contributed by atoms with Gasteiger partial charge in [-0.25, -0.2) is 18.0 Å². The van der Waals surface area contributed by atoms with E-state index < -0.39 is 29.2 Å². The number of carbonyl (C=O) groups is 1. The van der Waals surface area contributed by atoms with E-state index in [-0.39, 0.29) is 5.82 Å². The van der Waals surface area contributed by atoms with Crippen LogP contribution in [0.2, 0.25) is 0 Å². The zero-order chi connectivity index (χ0) is 23.2. The van der Waals surface area contributed by atoms with Gasteiger partial charge in [0.05, 0.1) is 24.4 Å². The molecule has 0 radical (unpaired) electrons. The summed E-state index contributed by atoms with van der Waals surface area (Å²) in [5.41, 5.74) is 1.16. The standard InChI is InChI=1S/C23H19F3N4O3/c24-17-8-9-18(21(26)20(17)25)27-23(31)28-22-16-7-6-15(12-19(16)29-30-22)33-11-10-32-13-14-4-2-1-3-5-14/h1-9,12H,10-11,13H2,(H3,27,28,29,30,31). The molecular weight excluding hydrogens is 437 g/mol. The van der Waals surface area contributed by atoms with E-state index in [0.29, 0.717) is 42.5 Å². The maximum Gasteiger partial charge on any atom is 0.324 e. The van der Waals surface area contributed by atoms with Gasteiger partial charge in [0.15, 0.2) is 23.3 Å². The Kier molecular flexibility index (Phi) is 6.75. The van der Waals surface area contributed by atoms with Crippen LogP contribution in [0.1, 0.15) is 5.56 Å². The van der Waals surface area contributed by atoms with Gasteiger partial charge in [-0.05, 0) is 29.8 Å². The fourth-order valence-electron chi connectivity index (χ4n) is 3.05. The van der Waals surface area contributed by atoms with Gasteiger partial charge in [0.25, 0.3) is 0 Å². The van der Waals surface area contributed by atoms with E-state index in [0.717, 1.165) is 11.6 Å². The molecule has 7 nitrogen and oxygen atoms in total. The summed E-state index contributed by atoms with van der Waals surface area (Å²) in [5, 5.41) is 11.9. The molecule has 2 amide bonds. The molecule has 0 aliphatic carbocycles. The second-order valence-corrected chi connectivity index (χ2v) is 6.97. The lowest BCUT2D eigenvalue weighted by Crippen LogP contribution is -2.21. The van der Waals surface area contributed by atoms with E-state index in [2.05, 4.69) is 20.8 Å². The molecular formula is C23H19F3N4O3. The van der Waals surface area contributed by atoms with Gasteiger partial charge in [-0.2, -0.15) is 5.10 Å². The SMILES string of the molecule is O=C(Nc1ccc(F)c(F)c1F)Nc1n[nH]c2cc(OCCOCc3ccccc3)ccc12. The molecule has 170 valence electrons. The number of amides is 2. The number of H-pyrrole nitrogens is 1. The lowest BCUT2D eigenvalue weighted by Gasteiger charge is -2.08. The molecule has 4 aromatic rings. The minimum absolute atomic E-state index is 0.170. The Hall–Kier alpha value is -4.05. The first kappa shape index (κ1) is 22.2. The van der Waals surface area contributed by atoms with Crippen LogP contribution in [-0.2, 0) is 11.3 Å². The summed E-state index contributed by atoms with van der Waals surface area (Å²) in [5.74, 6) is -3.77. The highest BCUT2D eigenvalue weighted by Gasteiger charge is 2.16. The van der Waals surface area contributed by atoms with E-state index in [9.17, 15) is 18.0 Å². The number of halogens is 3. The van der Waals surface area contributed by atoms with Crippen molar-refractivity contribution >= 4 is 28.4 Å². The van der Waals surface area contributed by atoms with Crippen molar-refractivity contribution < 1.29 is 27.4 Å². The number of rotatable bonds is 8. The molecule has 0 aliphatic rings. The van der Waals surface area contributed by atoms with E-state index in [4.69, 9.17) is 9.47 Å². The Bertz CT molecular complexity index is 1260. The molecule has 10 heteroatoms. The van der Waals surface area contributed by atoms with Gasteiger partial charge in [0, 0.05) is 11.5 Å². The van der Waals surface area contributed by atoms with Gasteiger partial charge >= 0.3 is 6.03 Å². The number of benzene rings is 3. The largest absolute Gasteiger partial charge is 0.491 e. The summed E-state index contributed by atoms with van der Waals surface area (Å²) >= 11 is 0. The molecule has 0 unspecified atom stereocenters. The minimum Gasteiger partial charge on any atom is -0.491 e. The molecule has 0 spiro atoms. The third-order valence-electron chi connectivity index (χ3n) is 4.66. The molecule has 33 heavy (non-hydrogen) atoms. The molecule has 0 bridgehead atoms.